The maximum absolute atomic E-state index is 11.3. The van der Waals surface area contributed by atoms with Crippen molar-refractivity contribution in [2.24, 2.45) is 5.41 Å². The van der Waals surface area contributed by atoms with Gasteiger partial charge in [0.15, 0.2) is 0 Å². The molecule has 2 nitrogen and oxygen atoms in total. The zero-order chi connectivity index (χ0) is 9.73. The van der Waals surface area contributed by atoms with Crippen molar-refractivity contribution in [1.29, 1.82) is 0 Å². The zero-order valence-electron chi connectivity index (χ0n) is 8.51. The topological polar surface area (TPSA) is 26.3 Å². The Morgan fingerprint density at radius 3 is 2.92 bits per heavy atom. The molecular weight excluding hydrogens is 164 g/mol. The Hall–Kier alpha value is -0.790. The van der Waals surface area contributed by atoms with E-state index in [1.165, 1.54) is 12.8 Å². The molecule has 1 unspecified atom stereocenters. The lowest BCUT2D eigenvalue weighted by molar-refractivity contribution is -0.143. The molecule has 1 aliphatic rings. The number of hydrogen-bond acceptors (Lipinski definition) is 2. The molecule has 1 aliphatic heterocycles. The van der Waals surface area contributed by atoms with Crippen LogP contribution in [-0.4, -0.2) is 12.6 Å². The average Bonchev–Trinajstić information content (AvgIpc) is 2.42. The van der Waals surface area contributed by atoms with E-state index >= 15 is 0 Å². The number of rotatable bonds is 4. The fourth-order valence-electron chi connectivity index (χ4n) is 1.44. The monoisotopic (exact) mass is 182 g/mol. The highest BCUT2D eigenvalue weighted by Gasteiger charge is 2.37. The van der Waals surface area contributed by atoms with Gasteiger partial charge in [-0.1, -0.05) is 31.9 Å². The van der Waals surface area contributed by atoms with Crippen molar-refractivity contribution in [3.05, 3.63) is 12.2 Å². The summed E-state index contributed by atoms with van der Waals surface area (Å²) in [4.78, 5) is 11.3. The van der Waals surface area contributed by atoms with Gasteiger partial charge in [-0.2, -0.15) is 0 Å². The summed E-state index contributed by atoms with van der Waals surface area (Å²) < 4.78 is 4.94. The van der Waals surface area contributed by atoms with Crippen LogP contribution >= 0.6 is 0 Å². The molecule has 0 bridgehead atoms. The second-order valence-electron chi connectivity index (χ2n) is 3.85. The van der Waals surface area contributed by atoms with Gasteiger partial charge in [-0.3, -0.25) is 4.79 Å². The first-order valence-electron chi connectivity index (χ1n) is 5.04. The lowest BCUT2D eigenvalue weighted by Gasteiger charge is -2.12. The Labute approximate surface area is 80.0 Å². The Balaban J connectivity index is 2.41. The van der Waals surface area contributed by atoms with E-state index in [0.717, 1.165) is 12.8 Å². The van der Waals surface area contributed by atoms with Gasteiger partial charge in [-0.25, -0.2) is 0 Å². The minimum absolute atomic E-state index is 0.0692. The molecule has 0 saturated carbocycles. The van der Waals surface area contributed by atoms with Gasteiger partial charge in [0.2, 0.25) is 0 Å². The summed E-state index contributed by atoms with van der Waals surface area (Å²) in [5.41, 5.74) is -0.340. The molecule has 0 spiro atoms. The van der Waals surface area contributed by atoms with Crippen LogP contribution in [0.2, 0.25) is 0 Å². The Kier molecular flexibility index (Phi) is 3.52. The Morgan fingerprint density at radius 1 is 1.62 bits per heavy atom. The van der Waals surface area contributed by atoms with Crippen molar-refractivity contribution >= 4 is 5.97 Å². The highest BCUT2D eigenvalue weighted by atomic mass is 16.5. The molecule has 2 heteroatoms. The third-order valence-electron chi connectivity index (χ3n) is 2.53. The standard InChI is InChI=1S/C11H18O2/c1-3-4-5-6-7-11(2)8-9-13-10(11)12/h6-7H,3-5,8-9H2,1-2H3. The van der Waals surface area contributed by atoms with Gasteiger partial charge < -0.3 is 4.74 Å². The predicted molar refractivity (Wildman–Crippen MR) is 52.3 cm³/mol. The lowest BCUT2D eigenvalue weighted by atomic mass is 9.88. The second-order valence-corrected chi connectivity index (χ2v) is 3.85. The summed E-state index contributed by atoms with van der Waals surface area (Å²) in [6, 6.07) is 0. The number of allylic oxidation sites excluding steroid dienone is 1. The smallest absolute Gasteiger partial charge is 0.315 e. The summed E-state index contributed by atoms with van der Waals surface area (Å²) in [6.45, 7) is 4.69. The van der Waals surface area contributed by atoms with Crippen LogP contribution in [0, 0.1) is 5.41 Å². The van der Waals surface area contributed by atoms with Crippen LogP contribution in [0.3, 0.4) is 0 Å². The number of carbonyl (C=O) groups is 1. The molecular formula is C11H18O2. The van der Waals surface area contributed by atoms with E-state index in [4.69, 9.17) is 4.74 Å². The van der Waals surface area contributed by atoms with Gasteiger partial charge in [-0.05, 0) is 13.3 Å². The van der Waals surface area contributed by atoms with Crippen LogP contribution in [0.25, 0.3) is 0 Å². The summed E-state index contributed by atoms with van der Waals surface area (Å²) in [7, 11) is 0. The van der Waals surface area contributed by atoms with Gasteiger partial charge >= 0.3 is 5.97 Å². The van der Waals surface area contributed by atoms with Gasteiger partial charge in [0.25, 0.3) is 0 Å². The van der Waals surface area contributed by atoms with Crippen molar-refractivity contribution in [2.75, 3.05) is 6.61 Å². The highest BCUT2D eigenvalue weighted by Crippen LogP contribution is 2.30. The van der Waals surface area contributed by atoms with E-state index in [9.17, 15) is 4.79 Å². The summed E-state index contributed by atoms with van der Waals surface area (Å²) in [5, 5.41) is 0. The second kappa shape index (κ2) is 4.45. The average molecular weight is 182 g/mol. The van der Waals surface area contributed by atoms with Crippen LogP contribution in [0.1, 0.15) is 39.5 Å². The molecule has 0 aromatic heterocycles. The van der Waals surface area contributed by atoms with Crippen LogP contribution in [-0.2, 0) is 9.53 Å². The largest absolute Gasteiger partial charge is 0.465 e. The summed E-state index contributed by atoms with van der Waals surface area (Å²) in [6.07, 6.45) is 8.41. The predicted octanol–water partition coefficient (Wildman–Crippen LogP) is 2.69. The van der Waals surface area contributed by atoms with Crippen molar-refractivity contribution in [1.82, 2.24) is 0 Å². The van der Waals surface area contributed by atoms with E-state index in [-0.39, 0.29) is 11.4 Å². The number of cyclic esters (lactones) is 1. The Bertz CT molecular complexity index is 208. The molecule has 0 aromatic carbocycles. The molecule has 13 heavy (non-hydrogen) atoms. The molecule has 1 atom stereocenters. The van der Waals surface area contributed by atoms with Crippen molar-refractivity contribution < 1.29 is 9.53 Å². The van der Waals surface area contributed by atoms with E-state index in [0.29, 0.717) is 6.61 Å². The fraction of sp³-hybridized carbons (Fsp3) is 0.727. The van der Waals surface area contributed by atoms with E-state index < -0.39 is 0 Å². The molecule has 1 rings (SSSR count). The van der Waals surface area contributed by atoms with E-state index in [2.05, 4.69) is 13.0 Å². The SMILES string of the molecule is CCCCC=CC1(C)CCOC1=O. The molecule has 0 N–H and O–H groups in total. The molecule has 1 fully saturated rings. The Morgan fingerprint density at radius 2 is 2.38 bits per heavy atom. The number of ether oxygens (including phenoxy) is 1. The molecule has 1 heterocycles. The zero-order valence-corrected chi connectivity index (χ0v) is 8.51. The number of unbranched alkanes of at least 4 members (excludes halogenated alkanes) is 2. The molecule has 0 radical (unpaired) electrons. The fourth-order valence-corrected chi connectivity index (χ4v) is 1.44. The van der Waals surface area contributed by atoms with Crippen LogP contribution in [0.4, 0.5) is 0 Å². The first-order chi connectivity index (χ1) is 6.19. The van der Waals surface area contributed by atoms with E-state index in [1.807, 2.05) is 13.0 Å². The minimum atomic E-state index is -0.340. The minimum Gasteiger partial charge on any atom is -0.465 e. The van der Waals surface area contributed by atoms with E-state index in [1.54, 1.807) is 0 Å². The molecule has 0 amide bonds. The first kappa shape index (κ1) is 10.3. The van der Waals surface area contributed by atoms with Gasteiger partial charge in [0.05, 0.1) is 12.0 Å². The van der Waals surface area contributed by atoms with Gasteiger partial charge in [0.1, 0.15) is 0 Å². The number of esters is 1. The van der Waals surface area contributed by atoms with Crippen LogP contribution in [0.5, 0.6) is 0 Å². The van der Waals surface area contributed by atoms with Gasteiger partial charge in [-0.15, -0.1) is 0 Å². The maximum atomic E-state index is 11.3. The van der Waals surface area contributed by atoms with Crippen molar-refractivity contribution in [2.45, 2.75) is 39.5 Å². The molecule has 74 valence electrons. The maximum Gasteiger partial charge on any atom is 0.315 e. The third kappa shape index (κ3) is 2.58. The number of carbonyl (C=O) groups excluding carboxylic acids is 1. The molecule has 0 aromatic rings. The lowest BCUT2D eigenvalue weighted by Crippen LogP contribution is -2.18. The third-order valence-corrected chi connectivity index (χ3v) is 2.53. The summed E-state index contributed by atoms with van der Waals surface area (Å²) >= 11 is 0. The molecule has 1 saturated heterocycles. The quantitative estimate of drug-likeness (QED) is 0.379. The normalized spacial score (nSPS) is 28.3. The first-order valence-corrected chi connectivity index (χ1v) is 5.04. The highest BCUT2D eigenvalue weighted by molar-refractivity contribution is 5.80. The number of hydrogen-bond donors (Lipinski definition) is 0. The summed E-state index contributed by atoms with van der Waals surface area (Å²) in [5.74, 6) is -0.0692. The van der Waals surface area contributed by atoms with Gasteiger partial charge in [0, 0.05) is 6.42 Å². The molecule has 0 aliphatic carbocycles. The van der Waals surface area contributed by atoms with Crippen molar-refractivity contribution in [3.8, 4) is 0 Å². The van der Waals surface area contributed by atoms with Crippen LogP contribution < -0.4 is 0 Å². The van der Waals surface area contributed by atoms with Crippen LogP contribution in [0.15, 0.2) is 12.2 Å². The van der Waals surface area contributed by atoms with Crippen molar-refractivity contribution in [3.63, 3.8) is 0 Å².